The summed E-state index contributed by atoms with van der Waals surface area (Å²) < 4.78 is 1.87. The normalized spacial score (nSPS) is 10.5. The number of rotatable bonds is 6. The van der Waals surface area contributed by atoms with Crippen LogP contribution < -0.4 is 10.6 Å². The molecule has 8 nitrogen and oxygen atoms in total. The van der Waals surface area contributed by atoms with Gasteiger partial charge in [0.25, 0.3) is 5.91 Å². The number of nitrogens with one attached hydrogen (secondary N) is 2. The van der Waals surface area contributed by atoms with Crippen LogP contribution in [0.25, 0.3) is 0 Å². The first kappa shape index (κ1) is 15.1. The zero-order valence-corrected chi connectivity index (χ0v) is 13.2. The maximum Gasteiger partial charge on any atom is 0.259 e. The van der Waals surface area contributed by atoms with E-state index in [1.807, 2.05) is 24.0 Å². The molecule has 0 spiro atoms. The SMILES string of the molecule is Cc1cnn(CCNc2ccc(C(=O)Nc3nncs3)cn2)c1. The minimum Gasteiger partial charge on any atom is -0.368 e. The molecule has 118 valence electrons. The Hall–Kier alpha value is -2.81. The molecule has 3 rings (SSSR count). The van der Waals surface area contributed by atoms with Crippen LogP contribution in [0.5, 0.6) is 0 Å². The molecule has 0 bridgehead atoms. The summed E-state index contributed by atoms with van der Waals surface area (Å²) in [5.74, 6) is 0.453. The van der Waals surface area contributed by atoms with E-state index in [-0.39, 0.29) is 5.91 Å². The van der Waals surface area contributed by atoms with Gasteiger partial charge in [0.1, 0.15) is 11.3 Å². The molecule has 3 aromatic heterocycles. The third kappa shape index (κ3) is 4.10. The number of aryl methyl sites for hydroxylation is 1. The third-order valence-electron chi connectivity index (χ3n) is 3.02. The number of amides is 1. The molecule has 0 unspecified atom stereocenters. The maximum atomic E-state index is 12.0. The fraction of sp³-hybridized carbons (Fsp3) is 0.214. The van der Waals surface area contributed by atoms with E-state index in [0.717, 1.165) is 12.1 Å². The van der Waals surface area contributed by atoms with E-state index in [1.165, 1.54) is 17.5 Å². The van der Waals surface area contributed by atoms with Crippen molar-refractivity contribution >= 4 is 28.2 Å². The van der Waals surface area contributed by atoms with Gasteiger partial charge in [-0.3, -0.25) is 14.8 Å². The number of aromatic nitrogens is 5. The Balaban J connectivity index is 1.51. The largest absolute Gasteiger partial charge is 0.368 e. The summed E-state index contributed by atoms with van der Waals surface area (Å²) in [6, 6.07) is 3.48. The highest BCUT2D eigenvalue weighted by molar-refractivity contribution is 7.13. The molecule has 1 amide bonds. The Morgan fingerprint density at radius 1 is 1.35 bits per heavy atom. The zero-order valence-electron chi connectivity index (χ0n) is 12.4. The van der Waals surface area contributed by atoms with Crippen LogP contribution in [0.4, 0.5) is 10.9 Å². The summed E-state index contributed by atoms with van der Waals surface area (Å²) in [7, 11) is 0. The summed E-state index contributed by atoms with van der Waals surface area (Å²) in [6.07, 6.45) is 5.33. The molecule has 0 aliphatic rings. The van der Waals surface area contributed by atoms with E-state index < -0.39 is 0 Å². The van der Waals surface area contributed by atoms with Crippen LogP contribution >= 0.6 is 11.3 Å². The monoisotopic (exact) mass is 329 g/mol. The van der Waals surface area contributed by atoms with Gasteiger partial charge < -0.3 is 5.32 Å². The van der Waals surface area contributed by atoms with Crippen molar-refractivity contribution in [2.24, 2.45) is 0 Å². The average molecular weight is 329 g/mol. The van der Waals surface area contributed by atoms with E-state index in [9.17, 15) is 4.79 Å². The third-order valence-corrected chi connectivity index (χ3v) is 3.62. The molecule has 0 saturated carbocycles. The number of carbonyl (C=O) groups excluding carboxylic acids is 1. The van der Waals surface area contributed by atoms with Gasteiger partial charge in [0.05, 0.1) is 18.3 Å². The number of pyridine rings is 1. The highest BCUT2D eigenvalue weighted by Gasteiger charge is 2.08. The average Bonchev–Trinajstić information content (AvgIpc) is 3.20. The van der Waals surface area contributed by atoms with Gasteiger partial charge in [-0.15, -0.1) is 10.2 Å². The van der Waals surface area contributed by atoms with Crippen molar-refractivity contribution in [3.63, 3.8) is 0 Å². The van der Waals surface area contributed by atoms with Gasteiger partial charge in [0.2, 0.25) is 5.13 Å². The lowest BCUT2D eigenvalue weighted by atomic mass is 10.2. The standard InChI is InChI=1S/C14H15N7OS/c1-10-6-18-21(8-10)5-4-15-12-3-2-11(7-16-12)13(22)19-14-20-17-9-23-14/h2-3,6-9H,4-5H2,1H3,(H,15,16)(H,19,20,22). The number of hydrogen-bond acceptors (Lipinski definition) is 7. The topological polar surface area (TPSA) is 97.6 Å². The molecule has 23 heavy (non-hydrogen) atoms. The molecular formula is C14H15N7OS. The molecule has 0 aliphatic carbocycles. The van der Waals surface area contributed by atoms with Gasteiger partial charge in [-0.1, -0.05) is 11.3 Å². The molecule has 2 N–H and O–H groups in total. The zero-order chi connectivity index (χ0) is 16.1. The lowest BCUT2D eigenvalue weighted by Gasteiger charge is -2.06. The Labute approximate surface area is 136 Å². The van der Waals surface area contributed by atoms with Crippen LogP contribution in [0.2, 0.25) is 0 Å². The van der Waals surface area contributed by atoms with E-state index in [1.54, 1.807) is 17.6 Å². The maximum absolute atomic E-state index is 12.0. The van der Waals surface area contributed by atoms with Crippen molar-refractivity contribution < 1.29 is 4.79 Å². The van der Waals surface area contributed by atoms with Crippen LogP contribution in [0.1, 0.15) is 15.9 Å². The lowest BCUT2D eigenvalue weighted by Crippen LogP contribution is -2.14. The van der Waals surface area contributed by atoms with E-state index >= 15 is 0 Å². The smallest absolute Gasteiger partial charge is 0.259 e. The molecule has 9 heteroatoms. The molecular weight excluding hydrogens is 314 g/mol. The Bertz CT molecular complexity index is 767. The summed E-state index contributed by atoms with van der Waals surface area (Å²) in [6.45, 7) is 3.45. The fourth-order valence-corrected chi connectivity index (χ4v) is 2.36. The predicted molar refractivity (Wildman–Crippen MR) is 87.6 cm³/mol. The first-order valence-corrected chi connectivity index (χ1v) is 7.85. The molecule has 3 heterocycles. The number of hydrogen-bond donors (Lipinski definition) is 2. The lowest BCUT2D eigenvalue weighted by molar-refractivity contribution is 0.102. The van der Waals surface area contributed by atoms with Crippen LogP contribution in [0.15, 0.2) is 36.2 Å². The summed E-state index contributed by atoms with van der Waals surface area (Å²) in [5, 5.41) is 18.0. The van der Waals surface area contributed by atoms with Crippen LogP contribution in [0.3, 0.4) is 0 Å². The summed E-state index contributed by atoms with van der Waals surface area (Å²) in [5.41, 5.74) is 3.16. The van der Waals surface area contributed by atoms with E-state index in [2.05, 4.69) is 30.9 Å². The molecule has 0 aliphatic heterocycles. The minimum atomic E-state index is -0.257. The minimum absolute atomic E-state index is 0.257. The first-order chi connectivity index (χ1) is 11.2. The second kappa shape index (κ2) is 6.97. The highest BCUT2D eigenvalue weighted by atomic mass is 32.1. The molecule has 0 aromatic carbocycles. The molecule has 0 radical (unpaired) electrons. The van der Waals surface area contributed by atoms with Crippen LogP contribution in [-0.4, -0.2) is 37.4 Å². The quantitative estimate of drug-likeness (QED) is 0.716. The van der Waals surface area contributed by atoms with E-state index in [0.29, 0.717) is 23.1 Å². The van der Waals surface area contributed by atoms with Gasteiger partial charge in [0, 0.05) is 18.9 Å². The first-order valence-electron chi connectivity index (χ1n) is 6.97. The van der Waals surface area contributed by atoms with Gasteiger partial charge in [-0.25, -0.2) is 4.98 Å². The highest BCUT2D eigenvalue weighted by Crippen LogP contribution is 2.11. The summed E-state index contributed by atoms with van der Waals surface area (Å²) >= 11 is 1.26. The molecule has 0 saturated heterocycles. The van der Waals surface area contributed by atoms with Crippen molar-refractivity contribution in [2.75, 3.05) is 17.2 Å². The van der Waals surface area contributed by atoms with Crippen molar-refractivity contribution in [3.8, 4) is 0 Å². The summed E-state index contributed by atoms with van der Waals surface area (Å²) in [4.78, 5) is 16.2. The Kier molecular flexibility index (Phi) is 4.57. The van der Waals surface area contributed by atoms with Crippen molar-refractivity contribution in [1.29, 1.82) is 0 Å². The van der Waals surface area contributed by atoms with Crippen molar-refractivity contribution in [3.05, 3.63) is 47.4 Å². The van der Waals surface area contributed by atoms with E-state index in [4.69, 9.17) is 0 Å². The van der Waals surface area contributed by atoms with Gasteiger partial charge in [-0.2, -0.15) is 5.10 Å². The van der Waals surface area contributed by atoms with Gasteiger partial charge in [-0.05, 0) is 24.6 Å². The molecule has 0 fully saturated rings. The van der Waals surface area contributed by atoms with Crippen LogP contribution in [0, 0.1) is 6.92 Å². The molecule has 3 aromatic rings. The van der Waals surface area contributed by atoms with Gasteiger partial charge in [0.15, 0.2) is 0 Å². The second-order valence-electron chi connectivity index (χ2n) is 4.84. The number of nitrogens with zero attached hydrogens (tertiary/aromatic N) is 5. The van der Waals surface area contributed by atoms with Gasteiger partial charge >= 0.3 is 0 Å². The second-order valence-corrected chi connectivity index (χ2v) is 5.67. The Morgan fingerprint density at radius 2 is 2.26 bits per heavy atom. The van der Waals surface area contributed by atoms with Crippen molar-refractivity contribution in [2.45, 2.75) is 13.5 Å². The number of carbonyl (C=O) groups is 1. The number of anilines is 2. The fourth-order valence-electron chi connectivity index (χ4n) is 1.92. The van der Waals surface area contributed by atoms with Crippen LogP contribution in [-0.2, 0) is 6.54 Å². The predicted octanol–water partition coefficient (Wildman–Crippen LogP) is 1.80. The molecule has 0 atom stereocenters. The van der Waals surface area contributed by atoms with Crippen molar-refractivity contribution in [1.82, 2.24) is 25.0 Å². The Morgan fingerprint density at radius 3 is 2.91 bits per heavy atom.